The maximum atomic E-state index is 8.95. The van der Waals surface area contributed by atoms with Gasteiger partial charge in [-0.3, -0.25) is 0 Å². The first-order chi connectivity index (χ1) is 6.20. The highest BCUT2D eigenvalue weighted by Crippen LogP contribution is 2.16. The van der Waals surface area contributed by atoms with Crippen molar-refractivity contribution < 1.29 is 5.11 Å². The SMILES string of the molecule is CC(C)c1c(CO)nnn1CC#N. The molecule has 1 N–H and O–H groups in total. The number of nitriles is 1. The minimum Gasteiger partial charge on any atom is -0.390 e. The van der Waals surface area contributed by atoms with Gasteiger partial charge in [0.25, 0.3) is 0 Å². The van der Waals surface area contributed by atoms with Gasteiger partial charge in [0.2, 0.25) is 0 Å². The highest BCUT2D eigenvalue weighted by Gasteiger charge is 2.14. The molecule has 0 radical (unpaired) electrons. The van der Waals surface area contributed by atoms with Gasteiger partial charge >= 0.3 is 0 Å². The van der Waals surface area contributed by atoms with Crippen LogP contribution < -0.4 is 0 Å². The second-order valence-corrected chi connectivity index (χ2v) is 3.05. The molecular weight excluding hydrogens is 168 g/mol. The van der Waals surface area contributed by atoms with Crippen LogP contribution in [-0.2, 0) is 13.2 Å². The topological polar surface area (TPSA) is 74.7 Å². The van der Waals surface area contributed by atoms with E-state index in [0.29, 0.717) is 5.69 Å². The Bertz CT molecular complexity index is 323. The fourth-order valence-electron chi connectivity index (χ4n) is 1.28. The fourth-order valence-corrected chi connectivity index (χ4v) is 1.28. The van der Waals surface area contributed by atoms with Crippen molar-refractivity contribution in [1.82, 2.24) is 15.0 Å². The van der Waals surface area contributed by atoms with Gasteiger partial charge in [-0.1, -0.05) is 19.1 Å². The van der Waals surface area contributed by atoms with Crippen molar-refractivity contribution in [3.05, 3.63) is 11.4 Å². The normalized spacial score (nSPS) is 10.4. The Labute approximate surface area is 76.6 Å². The fraction of sp³-hybridized carbons (Fsp3) is 0.625. The van der Waals surface area contributed by atoms with Gasteiger partial charge in [0.05, 0.1) is 18.4 Å². The van der Waals surface area contributed by atoms with Gasteiger partial charge in [0.1, 0.15) is 12.2 Å². The minimum atomic E-state index is -0.126. The number of aliphatic hydroxyl groups excluding tert-OH is 1. The number of rotatable bonds is 3. The monoisotopic (exact) mass is 180 g/mol. The number of aromatic nitrogens is 3. The van der Waals surface area contributed by atoms with Crippen LogP contribution in [-0.4, -0.2) is 20.1 Å². The van der Waals surface area contributed by atoms with Gasteiger partial charge in [-0.05, 0) is 5.92 Å². The molecule has 0 spiro atoms. The minimum absolute atomic E-state index is 0.126. The lowest BCUT2D eigenvalue weighted by atomic mass is 10.1. The van der Waals surface area contributed by atoms with E-state index in [1.54, 1.807) is 0 Å². The standard InChI is InChI=1S/C8H12N4O/c1-6(2)8-7(5-13)10-11-12(8)4-3-9/h6,13H,4-5H2,1-2H3. The van der Waals surface area contributed by atoms with E-state index in [1.807, 2.05) is 19.9 Å². The van der Waals surface area contributed by atoms with Gasteiger partial charge in [-0.25, -0.2) is 4.68 Å². The molecule has 0 atom stereocenters. The maximum absolute atomic E-state index is 8.95. The molecule has 70 valence electrons. The predicted octanol–water partition coefficient (Wildman–Crippen LogP) is 0.417. The molecule has 5 heteroatoms. The van der Waals surface area contributed by atoms with Crippen molar-refractivity contribution in [2.75, 3.05) is 0 Å². The van der Waals surface area contributed by atoms with Gasteiger partial charge in [-0.2, -0.15) is 5.26 Å². The van der Waals surface area contributed by atoms with Crippen molar-refractivity contribution in [2.24, 2.45) is 0 Å². The zero-order valence-corrected chi connectivity index (χ0v) is 7.73. The van der Waals surface area contributed by atoms with Crippen LogP contribution in [0, 0.1) is 11.3 Å². The lowest BCUT2D eigenvalue weighted by molar-refractivity contribution is 0.275. The Balaban J connectivity index is 3.08. The van der Waals surface area contributed by atoms with E-state index in [1.165, 1.54) is 4.68 Å². The summed E-state index contributed by atoms with van der Waals surface area (Å²) in [7, 11) is 0. The summed E-state index contributed by atoms with van der Waals surface area (Å²) in [5, 5.41) is 25.0. The molecule has 1 heterocycles. The second kappa shape index (κ2) is 4.01. The summed E-state index contributed by atoms with van der Waals surface area (Å²) in [5.74, 6) is 0.213. The van der Waals surface area contributed by atoms with E-state index in [9.17, 15) is 0 Å². The van der Waals surface area contributed by atoms with Crippen molar-refractivity contribution in [3.8, 4) is 6.07 Å². The Hall–Kier alpha value is -1.41. The van der Waals surface area contributed by atoms with Crippen molar-refractivity contribution in [3.63, 3.8) is 0 Å². The molecule has 0 unspecified atom stereocenters. The largest absolute Gasteiger partial charge is 0.390 e. The summed E-state index contributed by atoms with van der Waals surface area (Å²) in [6, 6.07) is 2.00. The Morgan fingerprint density at radius 3 is 2.77 bits per heavy atom. The molecule has 1 aromatic heterocycles. The van der Waals surface area contributed by atoms with Crippen LogP contribution >= 0.6 is 0 Å². The van der Waals surface area contributed by atoms with Crippen molar-refractivity contribution in [1.29, 1.82) is 5.26 Å². The van der Waals surface area contributed by atoms with E-state index in [-0.39, 0.29) is 19.1 Å². The van der Waals surface area contributed by atoms with Gasteiger partial charge in [0.15, 0.2) is 0 Å². The number of hydrogen-bond acceptors (Lipinski definition) is 4. The van der Waals surface area contributed by atoms with Crippen molar-refractivity contribution >= 4 is 0 Å². The van der Waals surface area contributed by atoms with E-state index >= 15 is 0 Å². The zero-order chi connectivity index (χ0) is 9.84. The molecule has 0 aliphatic carbocycles. The predicted molar refractivity (Wildman–Crippen MR) is 45.6 cm³/mol. The third kappa shape index (κ3) is 1.84. The molecule has 0 amide bonds. The third-order valence-electron chi connectivity index (χ3n) is 1.76. The molecule has 13 heavy (non-hydrogen) atoms. The Morgan fingerprint density at radius 1 is 1.62 bits per heavy atom. The van der Waals surface area contributed by atoms with Gasteiger partial charge in [0, 0.05) is 0 Å². The first kappa shape index (κ1) is 9.68. The van der Waals surface area contributed by atoms with Crippen LogP contribution in [0.1, 0.15) is 31.2 Å². The number of hydrogen-bond donors (Lipinski definition) is 1. The average Bonchev–Trinajstić information content (AvgIpc) is 2.48. The molecule has 0 aromatic carbocycles. The van der Waals surface area contributed by atoms with Crippen LogP contribution in [0.15, 0.2) is 0 Å². The molecule has 0 saturated heterocycles. The molecule has 1 aromatic rings. The molecule has 0 aliphatic rings. The zero-order valence-electron chi connectivity index (χ0n) is 7.73. The smallest absolute Gasteiger partial charge is 0.130 e. The van der Waals surface area contributed by atoms with Crippen molar-refractivity contribution in [2.45, 2.75) is 32.9 Å². The number of aliphatic hydroxyl groups is 1. The van der Waals surface area contributed by atoms with E-state index < -0.39 is 0 Å². The molecule has 1 rings (SSSR count). The summed E-state index contributed by atoms with van der Waals surface area (Å²) in [6.07, 6.45) is 0. The quantitative estimate of drug-likeness (QED) is 0.731. The molecule has 0 fully saturated rings. The van der Waals surface area contributed by atoms with Crippen LogP contribution in [0.3, 0.4) is 0 Å². The van der Waals surface area contributed by atoms with Crippen LogP contribution in [0.2, 0.25) is 0 Å². The van der Waals surface area contributed by atoms with E-state index in [4.69, 9.17) is 10.4 Å². The summed E-state index contributed by atoms with van der Waals surface area (Å²) < 4.78 is 1.52. The molecular formula is C8H12N4O. The first-order valence-electron chi connectivity index (χ1n) is 4.10. The highest BCUT2D eigenvalue weighted by atomic mass is 16.3. The summed E-state index contributed by atoms with van der Waals surface area (Å²) in [6.45, 7) is 4.01. The van der Waals surface area contributed by atoms with E-state index in [0.717, 1.165) is 5.69 Å². The number of nitrogens with zero attached hydrogens (tertiary/aromatic N) is 4. The summed E-state index contributed by atoms with van der Waals surface area (Å²) in [5.41, 5.74) is 1.40. The van der Waals surface area contributed by atoms with E-state index in [2.05, 4.69) is 10.3 Å². The molecule has 0 aliphatic heterocycles. The summed E-state index contributed by atoms with van der Waals surface area (Å²) in [4.78, 5) is 0. The Kier molecular flexibility index (Phi) is 2.98. The van der Waals surface area contributed by atoms with Gasteiger partial charge in [-0.15, -0.1) is 5.10 Å². The second-order valence-electron chi connectivity index (χ2n) is 3.05. The Morgan fingerprint density at radius 2 is 2.31 bits per heavy atom. The van der Waals surface area contributed by atoms with Gasteiger partial charge < -0.3 is 5.11 Å². The molecule has 5 nitrogen and oxygen atoms in total. The van der Waals surface area contributed by atoms with Crippen LogP contribution in [0.25, 0.3) is 0 Å². The third-order valence-corrected chi connectivity index (χ3v) is 1.76. The first-order valence-corrected chi connectivity index (χ1v) is 4.10. The summed E-state index contributed by atoms with van der Waals surface area (Å²) >= 11 is 0. The highest BCUT2D eigenvalue weighted by molar-refractivity contribution is 5.13. The molecule has 0 bridgehead atoms. The van der Waals surface area contributed by atoms with Crippen LogP contribution in [0.4, 0.5) is 0 Å². The lowest BCUT2D eigenvalue weighted by Gasteiger charge is -2.06. The van der Waals surface area contributed by atoms with Crippen LogP contribution in [0.5, 0.6) is 0 Å². The maximum Gasteiger partial charge on any atom is 0.130 e. The molecule has 0 saturated carbocycles. The average molecular weight is 180 g/mol. The lowest BCUT2D eigenvalue weighted by Crippen LogP contribution is -2.06.